The third-order valence-corrected chi connectivity index (χ3v) is 1.96. The van der Waals surface area contributed by atoms with E-state index < -0.39 is 5.97 Å². The third-order valence-electron chi connectivity index (χ3n) is 1.96. The first-order valence-electron chi connectivity index (χ1n) is 4.36. The molecule has 0 atom stereocenters. The van der Waals surface area contributed by atoms with Crippen molar-refractivity contribution in [3.63, 3.8) is 0 Å². The van der Waals surface area contributed by atoms with Crippen molar-refractivity contribution in [3.8, 4) is 0 Å². The Morgan fingerprint density at radius 1 is 1.47 bits per heavy atom. The molecule has 15 heavy (non-hydrogen) atoms. The molecule has 0 aliphatic carbocycles. The van der Waals surface area contributed by atoms with Crippen LogP contribution in [0.25, 0.3) is 5.65 Å². The van der Waals surface area contributed by atoms with E-state index in [0.717, 1.165) is 0 Å². The van der Waals surface area contributed by atoms with Gasteiger partial charge in [-0.05, 0) is 12.1 Å². The number of carboxylic acid groups (broad SMARTS) is 1. The topological polar surface area (TPSA) is 71.7 Å². The van der Waals surface area contributed by atoms with Gasteiger partial charge < -0.3 is 5.11 Å². The molecule has 0 aliphatic heterocycles. The summed E-state index contributed by atoms with van der Waals surface area (Å²) in [4.78, 5) is 26.0. The van der Waals surface area contributed by atoms with Gasteiger partial charge >= 0.3 is 5.97 Å². The molecule has 0 amide bonds. The molecule has 2 aromatic rings. The van der Waals surface area contributed by atoms with Crippen LogP contribution < -0.4 is 5.56 Å². The summed E-state index contributed by atoms with van der Waals surface area (Å²) in [7, 11) is 0. The molecule has 0 aromatic carbocycles. The third kappa shape index (κ3) is 1.85. The van der Waals surface area contributed by atoms with E-state index in [4.69, 9.17) is 5.11 Å². The first kappa shape index (κ1) is 9.39. The number of carboxylic acids is 1. The van der Waals surface area contributed by atoms with Crippen LogP contribution in [0, 0.1) is 0 Å². The Bertz CT molecular complexity index is 574. The number of hydrogen-bond acceptors (Lipinski definition) is 3. The first-order valence-corrected chi connectivity index (χ1v) is 4.36. The highest BCUT2D eigenvalue weighted by molar-refractivity contribution is 5.69. The summed E-state index contributed by atoms with van der Waals surface area (Å²) < 4.78 is 1.37. The Balaban J connectivity index is 2.62. The number of rotatable bonds is 2. The van der Waals surface area contributed by atoms with Gasteiger partial charge in [-0.3, -0.25) is 14.0 Å². The molecule has 5 heteroatoms. The second-order valence-electron chi connectivity index (χ2n) is 3.09. The number of carbonyl (C=O) groups is 1. The maximum atomic E-state index is 11.5. The monoisotopic (exact) mass is 204 g/mol. The van der Waals surface area contributed by atoms with Crippen LogP contribution in [0.1, 0.15) is 5.69 Å². The molecule has 76 valence electrons. The fourth-order valence-corrected chi connectivity index (χ4v) is 1.35. The Kier molecular flexibility index (Phi) is 2.21. The highest BCUT2D eigenvalue weighted by Crippen LogP contribution is 1.99. The smallest absolute Gasteiger partial charge is 0.309 e. The van der Waals surface area contributed by atoms with Crippen LogP contribution in [0.5, 0.6) is 0 Å². The molecule has 2 aromatic heterocycles. The van der Waals surface area contributed by atoms with Crippen LogP contribution in [-0.2, 0) is 11.2 Å². The van der Waals surface area contributed by atoms with Gasteiger partial charge in [0.05, 0.1) is 12.1 Å². The highest BCUT2D eigenvalue weighted by Gasteiger charge is 2.05. The quantitative estimate of drug-likeness (QED) is 0.764. The molecule has 0 fully saturated rings. The summed E-state index contributed by atoms with van der Waals surface area (Å²) in [5, 5.41) is 8.58. The molecule has 0 spiro atoms. The molecule has 0 aliphatic rings. The Morgan fingerprint density at radius 2 is 2.27 bits per heavy atom. The van der Waals surface area contributed by atoms with Crippen LogP contribution in [0.4, 0.5) is 0 Å². The average Bonchev–Trinajstić information content (AvgIpc) is 2.16. The lowest BCUT2D eigenvalue weighted by molar-refractivity contribution is -0.136. The van der Waals surface area contributed by atoms with Crippen molar-refractivity contribution in [1.82, 2.24) is 9.38 Å². The first-order chi connectivity index (χ1) is 7.16. The van der Waals surface area contributed by atoms with E-state index >= 15 is 0 Å². The maximum Gasteiger partial charge on any atom is 0.309 e. The van der Waals surface area contributed by atoms with Gasteiger partial charge in [0.25, 0.3) is 5.56 Å². The summed E-state index contributed by atoms with van der Waals surface area (Å²) in [6, 6.07) is 6.35. The van der Waals surface area contributed by atoms with Gasteiger partial charge in [-0.15, -0.1) is 0 Å². The van der Waals surface area contributed by atoms with Crippen molar-refractivity contribution in [1.29, 1.82) is 0 Å². The largest absolute Gasteiger partial charge is 0.481 e. The van der Waals surface area contributed by atoms with Gasteiger partial charge in [-0.2, -0.15) is 0 Å². The van der Waals surface area contributed by atoms with Crippen molar-refractivity contribution in [2.24, 2.45) is 0 Å². The van der Waals surface area contributed by atoms with Crippen molar-refractivity contribution in [3.05, 3.63) is 46.5 Å². The maximum absolute atomic E-state index is 11.5. The van der Waals surface area contributed by atoms with Crippen molar-refractivity contribution >= 4 is 11.6 Å². The van der Waals surface area contributed by atoms with Gasteiger partial charge in [-0.25, -0.2) is 4.98 Å². The van der Waals surface area contributed by atoms with Gasteiger partial charge in [0.15, 0.2) is 0 Å². The predicted molar refractivity (Wildman–Crippen MR) is 52.8 cm³/mol. The van der Waals surface area contributed by atoms with E-state index in [1.807, 2.05) is 0 Å². The molecule has 0 saturated heterocycles. The summed E-state index contributed by atoms with van der Waals surface area (Å²) in [6.07, 6.45) is 1.36. The van der Waals surface area contributed by atoms with Gasteiger partial charge in [0.1, 0.15) is 5.65 Å². The highest BCUT2D eigenvalue weighted by atomic mass is 16.4. The zero-order valence-corrected chi connectivity index (χ0v) is 7.75. The van der Waals surface area contributed by atoms with E-state index in [9.17, 15) is 9.59 Å². The Hall–Kier alpha value is -2.17. The van der Waals surface area contributed by atoms with Crippen molar-refractivity contribution in [2.45, 2.75) is 6.42 Å². The molecular formula is C10H8N2O3. The van der Waals surface area contributed by atoms with Gasteiger partial charge in [0, 0.05) is 12.3 Å². The summed E-state index contributed by atoms with van der Waals surface area (Å²) in [5.74, 6) is -0.998. The fraction of sp³-hybridized carbons (Fsp3) is 0.100. The SMILES string of the molecule is O=C(O)Cc1cc(=O)n2ccccc2n1. The second-order valence-corrected chi connectivity index (χ2v) is 3.09. The van der Waals surface area contributed by atoms with Crippen molar-refractivity contribution in [2.75, 3.05) is 0 Å². The number of aromatic nitrogens is 2. The molecule has 0 saturated carbocycles. The van der Waals surface area contributed by atoms with Crippen LogP contribution in [0.15, 0.2) is 35.3 Å². The molecule has 0 radical (unpaired) electrons. The van der Waals surface area contributed by atoms with E-state index in [1.165, 1.54) is 10.5 Å². The molecule has 0 bridgehead atoms. The van der Waals surface area contributed by atoms with Crippen LogP contribution in [0.3, 0.4) is 0 Å². The second kappa shape index (κ2) is 3.53. The summed E-state index contributed by atoms with van der Waals surface area (Å²) in [5.41, 5.74) is 0.469. The summed E-state index contributed by atoms with van der Waals surface area (Å²) in [6.45, 7) is 0. The molecule has 2 heterocycles. The normalized spacial score (nSPS) is 10.4. The fourth-order valence-electron chi connectivity index (χ4n) is 1.35. The van der Waals surface area contributed by atoms with Gasteiger partial charge in [-0.1, -0.05) is 6.07 Å². The minimum Gasteiger partial charge on any atom is -0.481 e. The minimum absolute atomic E-state index is 0.235. The average molecular weight is 204 g/mol. The number of hydrogen-bond donors (Lipinski definition) is 1. The number of nitrogens with zero attached hydrogens (tertiary/aromatic N) is 2. The standard InChI is InChI=1S/C10H8N2O3/c13-9-5-7(6-10(14)15)11-8-3-1-2-4-12(8)9/h1-5H,6H2,(H,14,15). The minimum atomic E-state index is -0.998. The van der Waals surface area contributed by atoms with Crippen LogP contribution in [-0.4, -0.2) is 20.5 Å². The van der Waals surface area contributed by atoms with E-state index in [-0.39, 0.29) is 17.7 Å². The van der Waals surface area contributed by atoms with Crippen molar-refractivity contribution < 1.29 is 9.90 Å². The lowest BCUT2D eigenvalue weighted by Crippen LogP contribution is -2.16. The molecule has 5 nitrogen and oxygen atoms in total. The van der Waals surface area contributed by atoms with Crippen LogP contribution in [0.2, 0.25) is 0 Å². The van der Waals surface area contributed by atoms with E-state index in [0.29, 0.717) is 5.65 Å². The Morgan fingerprint density at radius 3 is 3.00 bits per heavy atom. The zero-order chi connectivity index (χ0) is 10.8. The lowest BCUT2D eigenvalue weighted by atomic mass is 10.3. The zero-order valence-electron chi connectivity index (χ0n) is 7.75. The predicted octanol–water partition coefficient (Wildman–Crippen LogP) is 0.322. The Labute approximate surface area is 84.6 Å². The molecule has 0 unspecified atom stereocenters. The molecule has 2 rings (SSSR count). The number of pyridine rings is 1. The lowest BCUT2D eigenvalue weighted by Gasteiger charge is -2.00. The summed E-state index contributed by atoms with van der Waals surface area (Å²) >= 11 is 0. The van der Waals surface area contributed by atoms with Crippen LogP contribution >= 0.6 is 0 Å². The van der Waals surface area contributed by atoms with E-state index in [1.54, 1.807) is 24.4 Å². The molecule has 1 N–H and O–H groups in total. The van der Waals surface area contributed by atoms with Gasteiger partial charge in [0.2, 0.25) is 0 Å². The number of aliphatic carboxylic acids is 1. The molecular weight excluding hydrogens is 196 g/mol. The number of fused-ring (bicyclic) bond motifs is 1. The van der Waals surface area contributed by atoms with E-state index in [2.05, 4.69) is 4.98 Å².